The molecule has 0 spiro atoms. The number of nitrogens with zero attached hydrogens (tertiary/aromatic N) is 2. The molecule has 1 aliphatic rings. The number of rotatable bonds is 6. The van der Waals surface area contributed by atoms with E-state index in [0.29, 0.717) is 0 Å². The normalized spacial score (nSPS) is 15.7. The third-order valence-electron chi connectivity index (χ3n) is 5.49. The van der Waals surface area contributed by atoms with Crippen molar-refractivity contribution in [3.8, 4) is 0 Å². The van der Waals surface area contributed by atoms with Crippen LogP contribution in [-0.2, 0) is 10.0 Å². The molecule has 1 atom stereocenters. The van der Waals surface area contributed by atoms with Gasteiger partial charge >= 0.3 is 0 Å². The summed E-state index contributed by atoms with van der Waals surface area (Å²) in [5.41, 5.74) is 2.19. The van der Waals surface area contributed by atoms with Gasteiger partial charge in [0, 0.05) is 32.9 Å². The Morgan fingerprint density at radius 1 is 1.03 bits per heavy atom. The molecule has 31 heavy (non-hydrogen) atoms. The SMILES string of the molecule is C[C@@H](NC(=O)c1cc(S(=O)(=O)N(C)C)c(Cl)cc1Cl)c1ccc(N2CCCCC2)cc1. The molecule has 1 N–H and O–H groups in total. The Kier molecular flexibility index (Phi) is 7.52. The van der Waals surface area contributed by atoms with Crippen molar-refractivity contribution < 1.29 is 13.2 Å². The van der Waals surface area contributed by atoms with Crippen LogP contribution in [0.15, 0.2) is 41.3 Å². The van der Waals surface area contributed by atoms with Crippen LogP contribution in [0.5, 0.6) is 0 Å². The van der Waals surface area contributed by atoms with Crippen molar-refractivity contribution in [2.75, 3.05) is 32.1 Å². The molecule has 1 aliphatic heterocycles. The lowest BCUT2D eigenvalue weighted by Gasteiger charge is -2.29. The fourth-order valence-electron chi connectivity index (χ4n) is 3.58. The quantitative estimate of drug-likeness (QED) is 0.644. The lowest BCUT2D eigenvalue weighted by atomic mass is 10.1. The molecule has 1 saturated heterocycles. The number of carbonyl (C=O) groups is 1. The number of hydrogen-bond acceptors (Lipinski definition) is 4. The third kappa shape index (κ3) is 5.34. The lowest BCUT2D eigenvalue weighted by Crippen LogP contribution is -2.29. The minimum Gasteiger partial charge on any atom is -0.372 e. The summed E-state index contributed by atoms with van der Waals surface area (Å²) in [6, 6.07) is 10.4. The van der Waals surface area contributed by atoms with E-state index in [1.807, 2.05) is 19.1 Å². The van der Waals surface area contributed by atoms with Crippen LogP contribution in [0.3, 0.4) is 0 Å². The number of halogens is 2. The second-order valence-electron chi connectivity index (χ2n) is 7.88. The Morgan fingerprint density at radius 2 is 1.65 bits per heavy atom. The zero-order valence-corrected chi connectivity index (χ0v) is 20.2. The topological polar surface area (TPSA) is 69.7 Å². The summed E-state index contributed by atoms with van der Waals surface area (Å²) >= 11 is 12.3. The van der Waals surface area contributed by atoms with Gasteiger partial charge in [0.1, 0.15) is 4.90 Å². The largest absolute Gasteiger partial charge is 0.372 e. The van der Waals surface area contributed by atoms with Gasteiger partial charge in [-0.1, -0.05) is 35.3 Å². The van der Waals surface area contributed by atoms with Crippen LogP contribution in [0.1, 0.15) is 48.1 Å². The Bertz CT molecular complexity index is 1050. The van der Waals surface area contributed by atoms with Crippen LogP contribution in [0.4, 0.5) is 5.69 Å². The molecule has 0 bridgehead atoms. The highest BCUT2D eigenvalue weighted by Gasteiger charge is 2.25. The van der Waals surface area contributed by atoms with Gasteiger partial charge in [-0.15, -0.1) is 0 Å². The van der Waals surface area contributed by atoms with Crippen LogP contribution in [-0.4, -0.2) is 45.8 Å². The van der Waals surface area contributed by atoms with E-state index < -0.39 is 15.9 Å². The highest BCUT2D eigenvalue weighted by molar-refractivity contribution is 7.89. The van der Waals surface area contributed by atoms with Gasteiger partial charge < -0.3 is 10.2 Å². The van der Waals surface area contributed by atoms with Gasteiger partial charge in [0.05, 0.1) is 21.7 Å². The lowest BCUT2D eigenvalue weighted by molar-refractivity contribution is 0.0940. The van der Waals surface area contributed by atoms with Crippen molar-refractivity contribution >= 4 is 44.8 Å². The fourth-order valence-corrected chi connectivity index (χ4v) is 5.31. The highest BCUT2D eigenvalue weighted by atomic mass is 35.5. The number of carbonyl (C=O) groups excluding carboxylic acids is 1. The van der Waals surface area contributed by atoms with Crippen LogP contribution in [0, 0.1) is 0 Å². The molecule has 1 heterocycles. The number of benzene rings is 2. The molecule has 2 aromatic carbocycles. The number of piperidine rings is 1. The molecule has 0 aromatic heterocycles. The maximum Gasteiger partial charge on any atom is 0.253 e. The predicted molar refractivity (Wildman–Crippen MR) is 126 cm³/mol. The average Bonchev–Trinajstić information content (AvgIpc) is 2.74. The van der Waals surface area contributed by atoms with Crippen molar-refractivity contribution in [3.05, 3.63) is 57.6 Å². The zero-order valence-electron chi connectivity index (χ0n) is 17.9. The summed E-state index contributed by atoms with van der Waals surface area (Å²) < 4.78 is 26.1. The van der Waals surface area contributed by atoms with E-state index in [1.54, 1.807) is 0 Å². The van der Waals surface area contributed by atoms with E-state index in [1.165, 1.54) is 51.2 Å². The van der Waals surface area contributed by atoms with Crippen LogP contribution >= 0.6 is 23.2 Å². The smallest absolute Gasteiger partial charge is 0.253 e. The molecule has 1 amide bonds. The molecule has 0 radical (unpaired) electrons. The third-order valence-corrected chi connectivity index (χ3v) is 8.08. The molecular formula is C22H27Cl2N3O3S. The van der Waals surface area contributed by atoms with Gasteiger partial charge in [0.2, 0.25) is 10.0 Å². The molecule has 9 heteroatoms. The van der Waals surface area contributed by atoms with E-state index in [9.17, 15) is 13.2 Å². The standard InChI is InChI=1S/C22H27Cl2N3O3S/c1-15(16-7-9-17(10-8-16)27-11-5-4-6-12-27)25-22(28)18-13-21(20(24)14-19(18)23)31(29,30)26(2)3/h7-10,13-15H,4-6,11-12H2,1-3H3,(H,25,28)/t15-/m1/s1. The summed E-state index contributed by atoms with van der Waals surface area (Å²) in [7, 11) is -1.02. The van der Waals surface area contributed by atoms with Crippen molar-refractivity contribution in [2.45, 2.75) is 37.1 Å². The molecule has 2 aromatic rings. The zero-order chi connectivity index (χ0) is 22.8. The molecule has 0 unspecified atom stereocenters. The van der Waals surface area contributed by atoms with Gasteiger partial charge in [0.25, 0.3) is 5.91 Å². The Morgan fingerprint density at radius 3 is 2.23 bits per heavy atom. The number of sulfonamides is 1. The van der Waals surface area contributed by atoms with Crippen molar-refractivity contribution in [1.82, 2.24) is 9.62 Å². The van der Waals surface area contributed by atoms with E-state index in [4.69, 9.17) is 23.2 Å². The fraction of sp³-hybridized carbons (Fsp3) is 0.409. The van der Waals surface area contributed by atoms with Gasteiger partial charge in [-0.2, -0.15) is 0 Å². The van der Waals surface area contributed by atoms with Crippen LogP contribution in [0.2, 0.25) is 10.0 Å². The van der Waals surface area contributed by atoms with E-state index in [-0.39, 0.29) is 26.5 Å². The maximum atomic E-state index is 12.9. The first-order chi connectivity index (χ1) is 14.6. The first-order valence-corrected chi connectivity index (χ1v) is 12.4. The van der Waals surface area contributed by atoms with Crippen LogP contribution < -0.4 is 10.2 Å². The molecular weight excluding hydrogens is 457 g/mol. The van der Waals surface area contributed by atoms with Gasteiger partial charge in [-0.3, -0.25) is 4.79 Å². The Balaban J connectivity index is 1.78. The van der Waals surface area contributed by atoms with E-state index in [2.05, 4.69) is 22.3 Å². The number of anilines is 1. The summed E-state index contributed by atoms with van der Waals surface area (Å²) in [6.45, 7) is 4.01. The number of amides is 1. The second-order valence-corrected chi connectivity index (χ2v) is 10.8. The van der Waals surface area contributed by atoms with E-state index in [0.717, 1.165) is 23.0 Å². The predicted octanol–water partition coefficient (Wildman–Crippen LogP) is 4.73. The Hall–Kier alpha value is -1.80. The van der Waals surface area contributed by atoms with Gasteiger partial charge in [-0.25, -0.2) is 12.7 Å². The number of nitrogens with one attached hydrogen (secondary N) is 1. The molecule has 168 valence electrons. The Labute approximate surface area is 194 Å². The minimum absolute atomic E-state index is 0.0309. The highest BCUT2D eigenvalue weighted by Crippen LogP contribution is 2.30. The molecule has 0 aliphatic carbocycles. The van der Waals surface area contributed by atoms with Crippen LogP contribution in [0.25, 0.3) is 0 Å². The van der Waals surface area contributed by atoms with Crippen molar-refractivity contribution in [1.29, 1.82) is 0 Å². The first-order valence-electron chi connectivity index (χ1n) is 10.2. The average molecular weight is 484 g/mol. The summed E-state index contributed by atoms with van der Waals surface area (Å²) in [4.78, 5) is 15.1. The summed E-state index contributed by atoms with van der Waals surface area (Å²) in [5, 5.41) is 2.95. The van der Waals surface area contributed by atoms with Gasteiger partial charge in [0.15, 0.2) is 0 Å². The van der Waals surface area contributed by atoms with Crippen molar-refractivity contribution in [2.24, 2.45) is 0 Å². The first kappa shape index (κ1) is 23.9. The number of hydrogen-bond donors (Lipinski definition) is 1. The minimum atomic E-state index is -3.82. The molecule has 3 rings (SSSR count). The summed E-state index contributed by atoms with van der Waals surface area (Å²) in [6.07, 6.45) is 3.70. The molecule has 6 nitrogen and oxygen atoms in total. The molecule has 1 fully saturated rings. The monoisotopic (exact) mass is 483 g/mol. The van der Waals surface area contributed by atoms with E-state index >= 15 is 0 Å². The maximum absolute atomic E-state index is 12.9. The van der Waals surface area contributed by atoms with Gasteiger partial charge in [-0.05, 0) is 56.0 Å². The summed E-state index contributed by atoms with van der Waals surface area (Å²) in [5.74, 6) is -0.468. The van der Waals surface area contributed by atoms with Crippen molar-refractivity contribution in [3.63, 3.8) is 0 Å². The second kappa shape index (κ2) is 9.77. The molecule has 0 saturated carbocycles.